The second kappa shape index (κ2) is 6.02. The van der Waals surface area contributed by atoms with Crippen molar-refractivity contribution in [1.82, 2.24) is 9.97 Å². The molecule has 0 saturated carbocycles. The van der Waals surface area contributed by atoms with Crippen molar-refractivity contribution >= 4 is 11.6 Å². The summed E-state index contributed by atoms with van der Waals surface area (Å²) in [6, 6.07) is 8.01. The van der Waals surface area contributed by atoms with Crippen molar-refractivity contribution in [3.8, 4) is 11.6 Å². The molecule has 0 radical (unpaired) electrons. The van der Waals surface area contributed by atoms with E-state index in [4.69, 9.17) is 16.3 Å². The molecule has 0 unspecified atom stereocenters. The molecule has 3 nitrogen and oxygen atoms in total. The highest BCUT2D eigenvalue weighted by atomic mass is 35.5. The van der Waals surface area contributed by atoms with Crippen LogP contribution in [0.15, 0.2) is 30.6 Å². The molecule has 112 valence electrons. The number of hydrogen-bond donors (Lipinski definition) is 0. The van der Waals surface area contributed by atoms with Crippen LogP contribution in [0.25, 0.3) is 0 Å². The SMILES string of the molecule is CC(C)c1c(Cl)ncnc1Oc1ccccc1C(C)(C)C. The van der Waals surface area contributed by atoms with Gasteiger partial charge in [-0.1, -0.05) is 64.4 Å². The van der Waals surface area contributed by atoms with E-state index in [1.807, 2.05) is 32.0 Å². The molecule has 1 heterocycles. The van der Waals surface area contributed by atoms with E-state index in [1.165, 1.54) is 6.33 Å². The minimum atomic E-state index is -0.00852. The minimum Gasteiger partial charge on any atom is -0.438 e. The molecule has 2 rings (SSSR count). The molecular weight excluding hydrogens is 284 g/mol. The molecule has 21 heavy (non-hydrogen) atoms. The summed E-state index contributed by atoms with van der Waals surface area (Å²) in [6.07, 6.45) is 1.43. The van der Waals surface area contributed by atoms with Crippen molar-refractivity contribution in [2.45, 2.75) is 46.0 Å². The monoisotopic (exact) mass is 304 g/mol. The number of halogens is 1. The summed E-state index contributed by atoms with van der Waals surface area (Å²) < 4.78 is 6.07. The normalized spacial score (nSPS) is 11.8. The lowest BCUT2D eigenvalue weighted by molar-refractivity contribution is 0.431. The van der Waals surface area contributed by atoms with E-state index >= 15 is 0 Å². The van der Waals surface area contributed by atoms with Gasteiger partial charge in [-0.15, -0.1) is 0 Å². The zero-order chi connectivity index (χ0) is 15.6. The van der Waals surface area contributed by atoms with Gasteiger partial charge in [0.25, 0.3) is 0 Å². The summed E-state index contributed by atoms with van der Waals surface area (Å²) in [7, 11) is 0. The van der Waals surface area contributed by atoms with Crippen molar-refractivity contribution in [3.63, 3.8) is 0 Å². The van der Waals surface area contributed by atoms with Gasteiger partial charge in [-0.3, -0.25) is 0 Å². The van der Waals surface area contributed by atoms with Crippen LogP contribution in [0.2, 0.25) is 5.15 Å². The highest BCUT2D eigenvalue weighted by molar-refractivity contribution is 6.30. The zero-order valence-corrected chi connectivity index (χ0v) is 13.9. The molecule has 0 aliphatic heterocycles. The molecule has 0 fully saturated rings. The molecule has 0 aliphatic carbocycles. The summed E-state index contributed by atoms with van der Waals surface area (Å²) >= 11 is 6.19. The van der Waals surface area contributed by atoms with Crippen LogP contribution in [0, 0.1) is 0 Å². The molecule has 0 N–H and O–H groups in total. The van der Waals surface area contributed by atoms with Gasteiger partial charge in [-0.25, -0.2) is 9.97 Å². The van der Waals surface area contributed by atoms with Gasteiger partial charge in [-0.2, -0.15) is 0 Å². The predicted molar refractivity (Wildman–Crippen MR) is 86.3 cm³/mol. The first-order chi connectivity index (χ1) is 9.80. The highest BCUT2D eigenvalue weighted by Gasteiger charge is 2.21. The highest BCUT2D eigenvalue weighted by Crippen LogP contribution is 2.37. The van der Waals surface area contributed by atoms with Crippen molar-refractivity contribution in [2.75, 3.05) is 0 Å². The average molecular weight is 305 g/mol. The molecule has 0 atom stereocenters. The number of ether oxygens (including phenoxy) is 1. The third kappa shape index (κ3) is 3.53. The summed E-state index contributed by atoms with van der Waals surface area (Å²) in [5.41, 5.74) is 1.96. The van der Waals surface area contributed by atoms with Crippen LogP contribution in [0.5, 0.6) is 11.6 Å². The quantitative estimate of drug-likeness (QED) is 0.718. The largest absolute Gasteiger partial charge is 0.438 e. The van der Waals surface area contributed by atoms with E-state index in [2.05, 4.69) is 36.8 Å². The predicted octanol–water partition coefficient (Wildman–Crippen LogP) is 5.34. The standard InChI is InChI=1S/C17H21ClN2O/c1-11(2)14-15(18)19-10-20-16(14)21-13-9-7-6-8-12(13)17(3,4)5/h6-11H,1-5H3. The van der Waals surface area contributed by atoms with Crippen molar-refractivity contribution in [3.05, 3.63) is 46.9 Å². The Balaban J connectivity index is 2.47. The van der Waals surface area contributed by atoms with Gasteiger partial charge in [0.05, 0.1) is 5.56 Å². The summed E-state index contributed by atoms with van der Waals surface area (Å²) in [5, 5.41) is 0.447. The van der Waals surface area contributed by atoms with Gasteiger partial charge in [-0.05, 0) is 17.4 Å². The average Bonchev–Trinajstić information content (AvgIpc) is 2.37. The Morgan fingerprint density at radius 1 is 1.10 bits per heavy atom. The maximum atomic E-state index is 6.19. The lowest BCUT2D eigenvalue weighted by Crippen LogP contribution is -2.13. The number of nitrogens with zero attached hydrogens (tertiary/aromatic N) is 2. The second-order valence-corrected chi connectivity index (χ2v) is 6.74. The number of rotatable bonds is 3. The molecule has 0 amide bonds. The van der Waals surface area contributed by atoms with Crippen molar-refractivity contribution in [1.29, 1.82) is 0 Å². The van der Waals surface area contributed by atoms with E-state index < -0.39 is 0 Å². The lowest BCUT2D eigenvalue weighted by Gasteiger charge is -2.23. The van der Waals surface area contributed by atoms with Gasteiger partial charge < -0.3 is 4.74 Å². The number of hydrogen-bond acceptors (Lipinski definition) is 3. The van der Waals surface area contributed by atoms with Crippen molar-refractivity contribution < 1.29 is 4.74 Å². The maximum absolute atomic E-state index is 6.19. The van der Waals surface area contributed by atoms with Gasteiger partial charge in [0, 0.05) is 5.56 Å². The first-order valence-corrected chi connectivity index (χ1v) is 7.46. The summed E-state index contributed by atoms with van der Waals surface area (Å²) in [4.78, 5) is 8.31. The number of para-hydroxylation sites is 1. The maximum Gasteiger partial charge on any atom is 0.227 e. The molecule has 0 bridgehead atoms. The molecule has 0 saturated heterocycles. The number of benzene rings is 1. The smallest absolute Gasteiger partial charge is 0.227 e. The van der Waals surface area contributed by atoms with Crippen LogP contribution in [-0.4, -0.2) is 9.97 Å². The molecule has 0 spiro atoms. The first-order valence-electron chi connectivity index (χ1n) is 7.08. The first kappa shape index (κ1) is 15.8. The van der Waals surface area contributed by atoms with E-state index in [0.717, 1.165) is 16.9 Å². The third-order valence-electron chi connectivity index (χ3n) is 3.28. The van der Waals surface area contributed by atoms with Crippen LogP contribution in [-0.2, 0) is 5.41 Å². The molecular formula is C17H21ClN2O. The second-order valence-electron chi connectivity index (χ2n) is 6.39. The molecule has 1 aromatic heterocycles. The Kier molecular flexibility index (Phi) is 4.52. The van der Waals surface area contributed by atoms with Gasteiger partial charge in [0.2, 0.25) is 5.88 Å². The van der Waals surface area contributed by atoms with Crippen LogP contribution in [0.1, 0.15) is 51.7 Å². The molecule has 2 aromatic rings. The van der Waals surface area contributed by atoms with Gasteiger partial charge >= 0.3 is 0 Å². The van der Waals surface area contributed by atoms with E-state index in [1.54, 1.807) is 0 Å². The van der Waals surface area contributed by atoms with E-state index in [9.17, 15) is 0 Å². The zero-order valence-electron chi connectivity index (χ0n) is 13.1. The molecule has 4 heteroatoms. The Morgan fingerprint density at radius 2 is 1.76 bits per heavy atom. The van der Waals surface area contributed by atoms with E-state index in [-0.39, 0.29) is 11.3 Å². The van der Waals surface area contributed by atoms with Gasteiger partial charge in [0.1, 0.15) is 17.2 Å². The van der Waals surface area contributed by atoms with Crippen LogP contribution < -0.4 is 4.74 Å². The van der Waals surface area contributed by atoms with Crippen LogP contribution in [0.3, 0.4) is 0 Å². The van der Waals surface area contributed by atoms with Crippen LogP contribution >= 0.6 is 11.6 Å². The summed E-state index contributed by atoms with van der Waals surface area (Å²) in [5.74, 6) is 1.53. The molecule has 1 aromatic carbocycles. The summed E-state index contributed by atoms with van der Waals surface area (Å²) in [6.45, 7) is 10.6. The minimum absolute atomic E-state index is 0.00852. The van der Waals surface area contributed by atoms with E-state index in [0.29, 0.717) is 11.0 Å². The Bertz CT molecular complexity index is 633. The fourth-order valence-electron chi connectivity index (χ4n) is 2.21. The Morgan fingerprint density at radius 3 is 2.38 bits per heavy atom. The third-order valence-corrected chi connectivity index (χ3v) is 3.58. The van der Waals surface area contributed by atoms with Crippen molar-refractivity contribution in [2.24, 2.45) is 0 Å². The fourth-order valence-corrected chi connectivity index (χ4v) is 2.55. The van der Waals surface area contributed by atoms with Crippen LogP contribution in [0.4, 0.5) is 0 Å². The Labute approximate surface area is 131 Å². The van der Waals surface area contributed by atoms with Gasteiger partial charge in [0.15, 0.2) is 0 Å². The number of aromatic nitrogens is 2. The molecule has 0 aliphatic rings. The Hall–Kier alpha value is -1.61. The lowest BCUT2D eigenvalue weighted by atomic mass is 9.86. The fraction of sp³-hybridized carbons (Fsp3) is 0.412. The topological polar surface area (TPSA) is 35.0 Å².